The Hall–Kier alpha value is -1.72. The van der Waals surface area contributed by atoms with Crippen LogP contribution in [-0.2, 0) is 13.0 Å². The number of hydrogen-bond acceptors (Lipinski definition) is 5. The Morgan fingerprint density at radius 1 is 1.25 bits per heavy atom. The van der Waals surface area contributed by atoms with Gasteiger partial charge >= 0.3 is 0 Å². The first-order chi connectivity index (χ1) is 9.81. The van der Waals surface area contributed by atoms with E-state index in [9.17, 15) is 0 Å². The van der Waals surface area contributed by atoms with E-state index in [0.717, 1.165) is 38.5 Å². The quantitative estimate of drug-likeness (QED) is 0.911. The number of benzene rings is 1. The molecular formula is C15H20N4O. The second-order valence-electron chi connectivity index (χ2n) is 5.23. The van der Waals surface area contributed by atoms with Crippen LogP contribution in [0.4, 0.5) is 0 Å². The smallest absolute Gasteiger partial charge is 0.231 e. The molecule has 1 N–H and O–H groups in total. The summed E-state index contributed by atoms with van der Waals surface area (Å²) in [5.41, 5.74) is 2.50. The van der Waals surface area contributed by atoms with Crippen LogP contribution in [0, 0.1) is 6.92 Å². The molecule has 0 unspecified atom stereocenters. The summed E-state index contributed by atoms with van der Waals surface area (Å²) in [6.07, 6.45) is 0.710. The van der Waals surface area contributed by atoms with Crippen LogP contribution in [0.1, 0.15) is 22.8 Å². The van der Waals surface area contributed by atoms with Gasteiger partial charge < -0.3 is 9.84 Å². The average molecular weight is 272 g/mol. The molecule has 0 radical (unpaired) electrons. The van der Waals surface area contributed by atoms with Crippen molar-refractivity contribution < 1.29 is 4.52 Å². The molecule has 1 saturated heterocycles. The zero-order chi connectivity index (χ0) is 13.8. The molecule has 20 heavy (non-hydrogen) atoms. The first-order valence-electron chi connectivity index (χ1n) is 7.10. The number of nitrogens with zero attached hydrogens (tertiary/aromatic N) is 3. The van der Waals surface area contributed by atoms with Crippen LogP contribution in [-0.4, -0.2) is 41.2 Å². The van der Waals surface area contributed by atoms with Gasteiger partial charge in [-0.15, -0.1) is 0 Å². The fourth-order valence-electron chi connectivity index (χ4n) is 2.47. The lowest BCUT2D eigenvalue weighted by molar-refractivity contribution is 0.224. The minimum absolute atomic E-state index is 0.699. The van der Waals surface area contributed by atoms with E-state index in [1.54, 1.807) is 0 Å². The lowest BCUT2D eigenvalue weighted by atomic mass is 10.1. The molecular weight excluding hydrogens is 252 g/mol. The van der Waals surface area contributed by atoms with Gasteiger partial charge in [-0.3, -0.25) is 4.90 Å². The van der Waals surface area contributed by atoms with Gasteiger partial charge in [-0.1, -0.05) is 29.4 Å². The van der Waals surface area contributed by atoms with Crippen LogP contribution >= 0.6 is 0 Å². The number of nitrogens with one attached hydrogen (secondary N) is 1. The van der Waals surface area contributed by atoms with Crippen molar-refractivity contribution >= 4 is 0 Å². The molecule has 1 aliphatic rings. The Morgan fingerprint density at radius 3 is 2.85 bits per heavy atom. The summed E-state index contributed by atoms with van der Waals surface area (Å²) in [6, 6.07) is 8.30. The second kappa shape index (κ2) is 6.15. The molecule has 1 aromatic heterocycles. The number of hydrogen-bond donors (Lipinski definition) is 1. The lowest BCUT2D eigenvalue weighted by Gasteiger charge is -2.25. The van der Waals surface area contributed by atoms with Gasteiger partial charge in [0.15, 0.2) is 5.82 Å². The Bertz CT molecular complexity index is 561. The minimum Gasteiger partial charge on any atom is -0.339 e. The third-order valence-corrected chi connectivity index (χ3v) is 3.69. The standard InChI is InChI=1S/C15H20N4O/c1-12-4-2-3-5-13(12)10-15-17-14(18-20-15)11-19-8-6-16-7-9-19/h2-5,16H,6-11H2,1H3. The molecule has 1 aliphatic heterocycles. The summed E-state index contributed by atoms with van der Waals surface area (Å²) in [6.45, 7) is 7.04. The monoisotopic (exact) mass is 272 g/mol. The molecule has 0 spiro atoms. The summed E-state index contributed by atoms with van der Waals surface area (Å²) in [7, 11) is 0. The zero-order valence-electron chi connectivity index (χ0n) is 11.8. The maximum Gasteiger partial charge on any atom is 0.231 e. The van der Waals surface area contributed by atoms with E-state index in [4.69, 9.17) is 4.52 Å². The predicted octanol–water partition coefficient (Wildman–Crippen LogP) is 1.37. The number of aryl methyl sites for hydroxylation is 1. The highest BCUT2D eigenvalue weighted by Crippen LogP contribution is 2.12. The Balaban J connectivity index is 1.63. The van der Waals surface area contributed by atoms with Crippen LogP contribution in [0.25, 0.3) is 0 Å². The van der Waals surface area contributed by atoms with Crippen molar-refractivity contribution in [1.29, 1.82) is 0 Å². The van der Waals surface area contributed by atoms with Crippen molar-refractivity contribution in [2.75, 3.05) is 26.2 Å². The Kier molecular flexibility index (Phi) is 4.08. The van der Waals surface area contributed by atoms with Crippen LogP contribution in [0.5, 0.6) is 0 Å². The largest absolute Gasteiger partial charge is 0.339 e. The molecule has 1 fully saturated rings. The summed E-state index contributed by atoms with van der Waals surface area (Å²) >= 11 is 0. The maximum absolute atomic E-state index is 5.36. The normalized spacial score (nSPS) is 16.4. The van der Waals surface area contributed by atoms with Crippen molar-refractivity contribution in [1.82, 2.24) is 20.4 Å². The number of piperazine rings is 1. The molecule has 0 atom stereocenters. The van der Waals surface area contributed by atoms with Crippen molar-refractivity contribution in [2.45, 2.75) is 19.9 Å². The number of aromatic nitrogens is 2. The highest BCUT2D eigenvalue weighted by molar-refractivity contribution is 5.27. The van der Waals surface area contributed by atoms with Crippen molar-refractivity contribution in [3.05, 3.63) is 47.1 Å². The predicted molar refractivity (Wildman–Crippen MR) is 76.4 cm³/mol. The van der Waals surface area contributed by atoms with Gasteiger partial charge in [0.25, 0.3) is 0 Å². The molecule has 0 aliphatic carbocycles. The SMILES string of the molecule is Cc1ccccc1Cc1nc(CN2CCNCC2)no1. The van der Waals surface area contributed by atoms with Gasteiger partial charge in [0.2, 0.25) is 5.89 Å². The van der Waals surface area contributed by atoms with E-state index < -0.39 is 0 Å². The molecule has 106 valence electrons. The molecule has 5 heteroatoms. The minimum atomic E-state index is 0.699. The molecule has 2 heterocycles. The molecule has 0 saturated carbocycles. The van der Waals surface area contributed by atoms with Crippen LogP contribution in [0.15, 0.2) is 28.8 Å². The maximum atomic E-state index is 5.36. The van der Waals surface area contributed by atoms with Crippen LogP contribution in [0.2, 0.25) is 0 Å². The Morgan fingerprint density at radius 2 is 2.05 bits per heavy atom. The second-order valence-corrected chi connectivity index (χ2v) is 5.23. The molecule has 1 aromatic carbocycles. The van der Waals surface area contributed by atoms with E-state index >= 15 is 0 Å². The van der Waals surface area contributed by atoms with Gasteiger partial charge in [-0.2, -0.15) is 4.98 Å². The molecule has 0 bridgehead atoms. The van der Waals surface area contributed by atoms with E-state index in [1.807, 2.05) is 12.1 Å². The molecule has 2 aromatic rings. The van der Waals surface area contributed by atoms with Gasteiger partial charge in [0.05, 0.1) is 13.0 Å². The fourth-order valence-corrected chi connectivity index (χ4v) is 2.47. The average Bonchev–Trinajstić information content (AvgIpc) is 2.90. The fraction of sp³-hybridized carbons (Fsp3) is 0.467. The highest BCUT2D eigenvalue weighted by atomic mass is 16.5. The third-order valence-electron chi connectivity index (χ3n) is 3.69. The van der Waals surface area contributed by atoms with E-state index in [2.05, 4.69) is 39.4 Å². The highest BCUT2D eigenvalue weighted by Gasteiger charge is 2.14. The van der Waals surface area contributed by atoms with Gasteiger partial charge in [-0.25, -0.2) is 0 Å². The van der Waals surface area contributed by atoms with E-state index in [0.29, 0.717) is 12.3 Å². The number of rotatable bonds is 4. The summed E-state index contributed by atoms with van der Waals surface area (Å²) < 4.78 is 5.36. The summed E-state index contributed by atoms with van der Waals surface area (Å²) in [5.74, 6) is 1.49. The van der Waals surface area contributed by atoms with E-state index in [-0.39, 0.29) is 0 Å². The summed E-state index contributed by atoms with van der Waals surface area (Å²) in [5, 5.41) is 7.43. The topological polar surface area (TPSA) is 54.2 Å². The molecule has 3 rings (SSSR count). The van der Waals surface area contributed by atoms with Crippen molar-refractivity contribution in [3.63, 3.8) is 0 Å². The molecule has 5 nitrogen and oxygen atoms in total. The van der Waals surface area contributed by atoms with Crippen molar-refractivity contribution in [3.8, 4) is 0 Å². The van der Waals surface area contributed by atoms with Gasteiger partial charge in [0, 0.05) is 26.2 Å². The van der Waals surface area contributed by atoms with Crippen LogP contribution < -0.4 is 5.32 Å². The van der Waals surface area contributed by atoms with Crippen LogP contribution in [0.3, 0.4) is 0 Å². The van der Waals surface area contributed by atoms with E-state index in [1.165, 1.54) is 11.1 Å². The van der Waals surface area contributed by atoms with Gasteiger partial charge in [0.1, 0.15) is 0 Å². The van der Waals surface area contributed by atoms with Crippen molar-refractivity contribution in [2.24, 2.45) is 0 Å². The molecule has 0 amide bonds. The first kappa shape index (κ1) is 13.3. The zero-order valence-corrected chi connectivity index (χ0v) is 11.8. The lowest BCUT2D eigenvalue weighted by Crippen LogP contribution is -2.43. The first-order valence-corrected chi connectivity index (χ1v) is 7.10. The third kappa shape index (κ3) is 3.23. The summed E-state index contributed by atoms with van der Waals surface area (Å²) in [4.78, 5) is 6.85. The Labute approximate surface area is 119 Å². The van der Waals surface area contributed by atoms with Gasteiger partial charge in [-0.05, 0) is 18.1 Å².